The van der Waals surface area contributed by atoms with E-state index < -0.39 is 12.0 Å². The van der Waals surface area contributed by atoms with Gasteiger partial charge in [-0.15, -0.1) is 0 Å². The van der Waals surface area contributed by atoms with Crippen LogP contribution in [0.2, 0.25) is 0 Å². The Kier molecular flexibility index (Phi) is 8.71. The molecule has 1 aromatic rings. The van der Waals surface area contributed by atoms with Gasteiger partial charge in [0.05, 0.1) is 27.4 Å². The van der Waals surface area contributed by atoms with Crippen LogP contribution in [0, 0.1) is 0 Å². The van der Waals surface area contributed by atoms with Gasteiger partial charge < -0.3 is 24.3 Å². The molecule has 0 bridgehead atoms. The van der Waals surface area contributed by atoms with E-state index >= 15 is 0 Å². The molecule has 1 aromatic carbocycles. The Labute approximate surface area is 135 Å². The molecule has 23 heavy (non-hydrogen) atoms. The van der Waals surface area contributed by atoms with Gasteiger partial charge in [-0.25, -0.2) is 4.79 Å². The lowest BCUT2D eigenvalue weighted by Gasteiger charge is -2.17. The first-order chi connectivity index (χ1) is 11.1. The number of methoxy groups -OCH3 is 3. The highest BCUT2D eigenvalue weighted by Crippen LogP contribution is 2.14. The van der Waals surface area contributed by atoms with Gasteiger partial charge in [0.15, 0.2) is 0 Å². The first kappa shape index (κ1) is 18.9. The highest BCUT2D eigenvalue weighted by molar-refractivity contribution is 5.85. The quantitative estimate of drug-likeness (QED) is 0.500. The third-order valence-electron chi connectivity index (χ3n) is 3.06. The fourth-order valence-electron chi connectivity index (χ4n) is 1.91. The molecule has 128 valence electrons. The normalized spacial score (nSPS) is 11.6. The number of ether oxygens (including phenoxy) is 4. The standard InChI is InChI=1S/C16H23NO6/c1-20-7-8-23-11-15(18)17-14(16(19)22-3)10-12-5-4-6-13(9-12)21-2/h4-6,9,14H,7-8,10-11H2,1-3H3,(H,17,18)/t14-/m1/s1. The van der Waals surface area contributed by atoms with E-state index in [4.69, 9.17) is 18.9 Å². The van der Waals surface area contributed by atoms with Crippen LogP contribution in [0.15, 0.2) is 24.3 Å². The first-order valence-corrected chi connectivity index (χ1v) is 7.17. The number of carbonyl (C=O) groups excluding carboxylic acids is 2. The molecule has 1 amide bonds. The number of amides is 1. The van der Waals surface area contributed by atoms with Gasteiger partial charge in [-0.2, -0.15) is 0 Å². The molecule has 0 aliphatic heterocycles. The Morgan fingerprint density at radius 3 is 2.61 bits per heavy atom. The zero-order chi connectivity index (χ0) is 17.1. The number of hydrogen-bond acceptors (Lipinski definition) is 6. The molecule has 1 atom stereocenters. The van der Waals surface area contributed by atoms with Gasteiger partial charge in [-0.1, -0.05) is 12.1 Å². The van der Waals surface area contributed by atoms with Crippen molar-refractivity contribution in [3.05, 3.63) is 29.8 Å². The Morgan fingerprint density at radius 1 is 1.17 bits per heavy atom. The van der Waals surface area contributed by atoms with Crippen LogP contribution in [-0.4, -0.2) is 59.1 Å². The van der Waals surface area contributed by atoms with Crippen LogP contribution in [0.25, 0.3) is 0 Å². The minimum absolute atomic E-state index is 0.144. The zero-order valence-corrected chi connectivity index (χ0v) is 13.7. The molecule has 1 rings (SSSR count). The van der Waals surface area contributed by atoms with E-state index in [1.54, 1.807) is 26.4 Å². The van der Waals surface area contributed by atoms with Crippen molar-refractivity contribution in [2.75, 3.05) is 41.2 Å². The van der Waals surface area contributed by atoms with Gasteiger partial charge in [-0.3, -0.25) is 4.79 Å². The first-order valence-electron chi connectivity index (χ1n) is 7.17. The molecule has 0 saturated carbocycles. The molecule has 0 unspecified atom stereocenters. The third-order valence-corrected chi connectivity index (χ3v) is 3.06. The predicted octanol–water partition coefficient (Wildman–Crippen LogP) is 0.559. The minimum atomic E-state index is -0.786. The van der Waals surface area contributed by atoms with Crippen LogP contribution in [0.5, 0.6) is 5.75 Å². The van der Waals surface area contributed by atoms with Crippen molar-refractivity contribution in [2.24, 2.45) is 0 Å². The summed E-state index contributed by atoms with van der Waals surface area (Å²) < 4.78 is 19.8. The van der Waals surface area contributed by atoms with Crippen LogP contribution >= 0.6 is 0 Å². The largest absolute Gasteiger partial charge is 0.497 e. The number of benzene rings is 1. The average molecular weight is 325 g/mol. The molecule has 7 heteroatoms. The van der Waals surface area contributed by atoms with Gasteiger partial charge in [0.25, 0.3) is 0 Å². The second-order valence-corrected chi connectivity index (χ2v) is 4.74. The number of esters is 1. The molecule has 1 N–H and O–H groups in total. The predicted molar refractivity (Wildman–Crippen MR) is 83.3 cm³/mol. The fourth-order valence-corrected chi connectivity index (χ4v) is 1.91. The maximum absolute atomic E-state index is 11.9. The lowest BCUT2D eigenvalue weighted by Crippen LogP contribution is -2.44. The Bertz CT molecular complexity index is 505. The van der Waals surface area contributed by atoms with Crippen LogP contribution in [0.3, 0.4) is 0 Å². The van der Waals surface area contributed by atoms with Gasteiger partial charge in [-0.05, 0) is 17.7 Å². The summed E-state index contributed by atoms with van der Waals surface area (Å²) in [6.45, 7) is 0.565. The fraction of sp³-hybridized carbons (Fsp3) is 0.500. The van der Waals surface area contributed by atoms with Crippen LogP contribution in [-0.2, 0) is 30.2 Å². The van der Waals surface area contributed by atoms with E-state index in [9.17, 15) is 9.59 Å². The number of carbonyl (C=O) groups is 2. The summed E-state index contributed by atoms with van der Waals surface area (Å²) in [5, 5.41) is 2.61. The van der Waals surface area contributed by atoms with E-state index in [0.717, 1.165) is 5.56 Å². The molecule has 0 saturated heterocycles. The van der Waals surface area contributed by atoms with Crippen LogP contribution < -0.4 is 10.1 Å². The zero-order valence-electron chi connectivity index (χ0n) is 13.7. The molecule has 0 radical (unpaired) electrons. The molecular formula is C16H23NO6. The van der Waals surface area contributed by atoms with Crippen molar-refractivity contribution < 1.29 is 28.5 Å². The molecule has 0 fully saturated rings. The summed E-state index contributed by atoms with van der Waals surface area (Å²) in [5.41, 5.74) is 0.848. The highest BCUT2D eigenvalue weighted by atomic mass is 16.5. The molecule has 0 aromatic heterocycles. The summed E-state index contributed by atoms with van der Waals surface area (Å²) in [6.07, 6.45) is 0.299. The van der Waals surface area contributed by atoms with Crippen molar-refractivity contribution in [2.45, 2.75) is 12.5 Å². The number of nitrogens with one attached hydrogen (secondary N) is 1. The Balaban J connectivity index is 2.61. The van der Waals surface area contributed by atoms with Crippen molar-refractivity contribution >= 4 is 11.9 Å². The Hall–Kier alpha value is -2.12. The molecule has 0 aliphatic carbocycles. The van der Waals surface area contributed by atoms with Crippen molar-refractivity contribution in [3.63, 3.8) is 0 Å². The molecule has 7 nitrogen and oxygen atoms in total. The highest BCUT2D eigenvalue weighted by Gasteiger charge is 2.22. The second kappa shape index (κ2) is 10.6. The maximum Gasteiger partial charge on any atom is 0.328 e. The van der Waals surface area contributed by atoms with Gasteiger partial charge in [0, 0.05) is 13.5 Å². The Morgan fingerprint density at radius 2 is 1.96 bits per heavy atom. The number of hydrogen-bond donors (Lipinski definition) is 1. The SMILES string of the molecule is COCCOCC(=O)N[C@H](Cc1cccc(OC)c1)C(=O)OC. The van der Waals surface area contributed by atoms with Crippen molar-refractivity contribution in [1.82, 2.24) is 5.32 Å². The van der Waals surface area contributed by atoms with Crippen molar-refractivity contribution in [3.8, 4) is 5.75 Å². The van der Waals surface area contributed by atoms with E-state index in [0.29, 0.717) is 25.4 Å². The minimum Gasteiger partial charge on any atom is -0.497 e. The average Bonchev–Trinajstić information content (AvgIpc) is 2.57. The molecule has 0 spiro atoms. The number of rotatable bonds is 10. The summed E-state index contributed by atoms with van der Waals surface area (Å²) >= 11 is 0. The summed E-state index contributed by atoms with van der Waals surface area (Å²) in [7, 11) is 4.39. The maximum atomic E-state index is 11.9. The lowest BCUT2D eigenvalue weighted by atomic mass is 10.1. The summed E-state index contributed by atoms with van der Waals surface area (Å²) in [4.78, 5) is 23.7. The smallest absolute Gasteiger partial charge is 0.328 e. The second-order valence-electron chi connectivity index (χ2n) is 4.74. The molecular weight excluding hydrogens is 302 g/mol. The summed E-state index contributed by atoms with van der Waals surface area (Å²) in [6, 6.07) is 6.49. The van der Waals surface area contributed by atoms with Crippen LogP contribution in [0.4, 0.5) is 0 Å². The van der Waals surface area contributed by atoms with Crippen LogP contribution in [0.1, 0.15) is 5.56 Å². The molecule has 0 aliphatic rings. The van der Waals surface area contributed by atoms with E-state index in [1.807, 2.05) is 12.1 Å². The monoisotopic (exact) mass is 325 g/mol. The van der Waals surface area contributed by atoms with E-state index in [-0.39, 0.29) is 12.5 Å². The topological polar surface area (TPSA) is 83.1 Å². The van der Waals surface area contributed by atoms with Crippen molar-refractivity contribution in [1.29, 1.82) is 0 Å². The lowest BCUT2D eigenvalue weighted by molar-refractivity contribution is -0.145. The van der Waals surface area contributed by atoms with Gasteiger partial charge >= 0.3 is 5.97 Å². The summed E-state index contributed by atoms with van der Waals surface area (Å²) in [5.74, 6) is -0.224. The third kappa shape index (κ3) is 7.12. The van der Waals surface area contributed by atoms with Gasteiger partial charge in [0.2, 0.25) is 5.91 Å². The van der Waals surface area contributed by atoms with Gasteiger partial charge in [0.1, 0.15) is 18.4 Å². The van der Waals surface area contributed by atoms with E-state index in [1.165, 1.54) is 7.11 Å². The van der Waals surface area contributed by atoms with E-state index in [2.05, 4.69) is 5.32 Å². The molecule has 0 heterocycles.